The second-order valence-corrected chi connectivity index (χ2v) is 2.27. The molecule has 1 heterocycles. The fourth-order valence-electron chi connectivity index (χ4n) is 0.819. The van der Waals surface area contributed by atoms with Crippen LogP contribution >= 0.6 is 0 Å². The van der Waals surface area contributed by atoms with Gasteiger partial charge in [-0.25, -0.2) is 4.79 Å². The van der Waals surface area contributed by atoms with Gasteiger partial charge in [-0.15, -0.1) is 0 Å². The van der Waals surface area contributed by atoms with Crippen molar-refractivity contribution < 1.29 is 13.9 Å². The van der Waals surface area contributed by atoms with Crippen molar-refractivity contribution in [3.63, 3.8) is 0 Å². The highest BCUT2D eigenvalue weighted by Gasteiger charge is 2.10. The summed E-state index contributed by atoms with van der Waals surface area (Å²) in [5.74, 6) is -1.53. The fourth-order valence-corrected chi connectivity index (χ4v) is 0.819. The molecule has 0 aromatic carbocycles. The number of H-pyrrole nitrogens is 1. The van der Waals surface area contributed by atoms with E-state index in [4.69, 9.17) is 0 Å². The van der Waals surface area contributed by atoms with Crippen LogP contribution in [-0.4, -0.2) is 17.6 Å². The van der Waals surface area contributed by atoms with E-state index in [9.17, 15) is 14.0 Å². The summed E-state index contributed by atoms with van der Waals surface area (Å²) in [6.45, 7) is 1.80. The standard InChI is InChI=1S/C8H8FNO3/c1-2-13-8(12)5-3-4-6(9)10-7(5)11/h3-4H,2H2,1H3,(H,10,11). The maximum atomic E-state index is 12.4. The first-order valence-corrected chi connectivity index (χ1v) is 3.71. The van der Waals surface area contributed by atoms with E-state index in [0.29, 0.717) is 0 Å². The Morgan fingerprint density at radius 1 is 1.62 bits per heavy atom. The predicted molar refractivity (Wildman–Crippen MR) is 43.0 cm³/mol. The number of aromatic amines is 1. The third-order valence-electron chi connectivity index (χ3n) is 1.37. The summed E-state index contributed by atoms with van der Waals surface area (Å²) < 4.78 is 17.0. The van der Waals surface area contributed by atoms with E-state index < -0.39 is 17.5 Å². The number of aromatic nitrogens is 1. The first-order chi connectivity index (χ1) is 6.15. The zero-order chi connectivity index (χ0) is 9.84. The molecule has 0 saturated carbocycles. The molecule has 70 valence electrons. The number of rotatable bonds is 2. The molecular formula is C8H8FNO3. The molecule has 0 bridgehead atoms. The monoisotopic (exact) mass is 185 g/mol. The second-order valence-electron chi connectivity index (χ2n) is 2.27. The Morgan fingerprint density at radius 3 is 2.85 bits per heavy atom. The molecule has 0 amide bonds. The summed E-state index contributed by atoms with van der Waals surface area (Å²) in [5, 5.41) is 0. The molecule has 0 saturated heterocycles. The quantitative estimate of drug-likeness (QED) is 0.544. The highest BCUT2D eigenvalue weighted by atomic mass is 19.1. The number of carbonyl (C=O) groups excluding carboxylic acids is 1. The minimum atomic E-state index is -0.780. The first kappa shape index (κ1) is 9.44. The van der Waals surface area contributed by atoms with E-state index >= 15 is 0 Å². The van der Waals surface area contributed by atoms with Crippen molar-refractivity contribution in [2.75, 3.05) is 6.61 Å². The maximum absolute atomic E-state index is 12.4. The first-order valence-electron chi connectivity index (χ1n) is 3.71. The number of nitrogens with one attached hydrogen (secondary N) is 1. The third kappa shape index (κ3) is 2.14. The van der Waals surface area contributed by atoms with Crippen molar-refractivity contribution >= 4 is 5.97 Å². The van der Waals surface area contributed by atoms with Gasteiger partial charge in [-0.05, 0) is 19.1 Å². The van der Waals surface area contributed by atoms with Gasteiger partial charge < -0.3 is 4.74 Å². The summed E-state index contributed by atoms with van der Waals surface area (Å²) in [6.07, 6.45) is 0. The molecule has 5 heteroatoms. The van der Waals surface area contributed by atoms with Crippen LogP contribution in [0.15, 0.2) is 16.9 Å². The van der Waals surface area contributed by atoms with Crippen LogP contribution in [-0.2, 0) is 4.74 Å². The van der Waals surface area contributed by atoms with Gasteiger partial charge in [0.15, 0.2) is 5.95 Å². The third-order valence-corrected chi connectivity index (χ3v) is 1.37. The number of halogens is 1. The summed E-state index contributed by atoms with van der Waals surface area (Å²) in [4.78, 5) is 23.8. The van der Waals surface area contributed by atoms with Gasteiger partial charge in [-0.1, -0.05) is 0 Å². The molecular weight excluding hydrogens is 177 g/mol. The molecule has 13 heavy (non-hydrogen) atoms. The summed E-state index contributed by atoms with van der Waals surface area (Å²) in [5.41, 5.74) is -0.971. The van der Waals surface area contributed by atoms with Crippen molar-refractivity contribution in [2.24, 2.45) is 0 Å². The average Bonchev–Trinajstić information content (AvgIpc) is 2.04. The molecule has 0 aliphatic rings. The summed E-state index contributed by atoms with van der Waals surface area (Å²) >= 11 is 0. The molecule has 0 fully saturated rings. The summed E-state index contributed by atoms with van der Waals surface area (Å²) in [6, 6.07) is 2.08. The van der Waals surface area contributed by atoms with Gasteiger partial charge in [0.1, 0.15) is 5.56 Å². The largest absolute Gasteiger partial charge is 0.462 e. The van der Waals surface area contributed by atoms with Gasteiger partial charge in [-0.3, -0.25) is 9.78 Å². The van der Waals surface area contributed by atoms with Crippen LogP contribution in [0.25, 0.3) is 0 Å². The van der Waals surface area contributed by atoms with Gasteiger partial charge in [0, 0.05) is 0 Å². The molecule has 1 aromatic rings. The second kappa shape index (κ2) is 3.84. The number of esters is 1. The van der Waals surface area contributed by atoms with Crippen LogP contribution < -0.4 is 5.56 Å². The van der Waals surface area contributed by atoms with Crippen LogP contribution in [0.2, 0.25) is 0 Å². The molecule has 4 nitrogen and oxygen atoms in total. The zero-order valence-corrected chi connectivity index (χ0v) is 6.96. The van der Waals surface area contributed by atoms with E-state index in [1.54, 1.807) is 6.92 Å². The molecule has 0 unspecified atom stereocenters. The van der Waals surface area contributed by atoms with Crippen molar-refractivity contribution in [3.8, 4) is 0 Å². The van der Waals surface area contributed by atoms with Crippen molar-refractivity contribution in [3.05, 3.63) is 34.0 Å². The van der Waals surface area contributed by atoms with E-state index in [2.05, 4.69) is 4.74 Å². The van der Waals surface area contributed by atoms with Crippen molar-refractivity contribution in [1.29, 1.82) is 0 Å². The fraction of sp³-hybridized carbons (Fsp3) is 0.250. The van der Waals surface area contributed by atoms with Gasteiger partial charge in [0.25, 0.3) is 5.56 Å². The van der Waals surface area contributed by atoms with Crippen molar-refractivity contribution in [1.82, 2.24) is 4.98 Å². The molecule has 0 atom stereocenters. The maximum Gasteiger partial charge on any atom is 0.343 e. The van der Waals surface area contributed by atoms with E-state index in [0.717, 1.165) is 12.1 Å². The smallest absolute Gasteiger partial charge is 0.343 e. The molecule has 1 aromatic heterocycles. The minimum absolute atomic E-state index is 0.176. The van der Waals surface area contributed by atoms with Crippen LogP contribution in [0, 0.1) is 5.95 Å². The number of hydrogen-bond donors (Lipinski definition) is 1. The van der Waals surface area contributed by atoms with Crippen LogP contribution in [0.5, 0.6) is 0 Å². The molecule has 0 spiro atoms. The number of carbonyl (C=O) groups is 1. The normalized spacial score (nSPS) is 9.69. The Hall–Kier alpha value is -1.65. The van der Waals surface area contributed by atoms with Crippen LogP contribution in [0.1, 0.15) is 17.3 Å². The highest BCUT2D eigenvalue weighted by Crippen LogP contribution is 1.95. The molecule has 1 rings (SSSR count). The lowest BCUT2D eigenvalue weighted by Gasteiger charge is -1.99. The molecule has 1 N–H and O–H groups in total. The van der Waals surface area contributed by atoms with Gasteiger partial charge in [0.05, 0.1) is 6.61 Å². The van der Waals surface area contributed by atoms with Gasteiger partial charge in [0.2, 0.25) is 0 Å². The van der Waals surface area contributed by atoms with E-state index in [-0.39, 0.29) is 12.2 Å². The van der Waals surface area contributed by atoms with Crippen molar-refractivity contribution in [2.45, 2.75) is 6.92 Å². The highest BCUT2D eigenvalue weighted by molar-refractivity contribution is 5.88. The number of hydrogen-bond acceptors (Lipinski definition) is 3. The van der Waals surface area contributed by atoms with Gasteiger partial charge >= 0.3 is 5.97 Å². The Kier molecular flexibility index (Phi) is 2.79. The lowest BCUT2D eigenvalue weighted by atomic mass is 10.3. The molecule has 0 radical (unpaired) electrons. The van der Waals surface area contributed by atoms with Crippen LogP contribution in [0.4, 0.5) is 4.39 Å². The topological polar surface area (TPSA) is 59.2 Å². The van der Waals surface area contributed by atoms with E-state index in [1.165, 1.54) is 0 Å². The number of ether oxygens (including phenoxy) is 1. The zero-order valence-electron chi connectivity index (χ0n) is 6.96. The lowest BCUT2D eigenvalue weighted by Crippen LogP contribution is -2.20. The van der Waals surface area contributed by atoms with Gasteiger partial charge in [-0.2, -0.15) is 4.39 Å². The average molecular weight is 185 g/mol. The molecule has 0 aliphatic carbocycles. The Bertz CT molecular complexity index is 372. The Morgan fingerprint density at radius 2 is 2.31 bits per heavy atom. The van der Waals surface area contributed by atoms with Crippen LogP contribution in [0.3, 0.4) is 0 Å². The molecule has 0 aliphatic heterocycles. The lowest BCUT2D eigenvalue weighted by molar-refractivity contribution is 0.0524. The predicted octanol–water partition coefficient (Wildman–Crippen LogP) is 0.691. The minimum Gasteiger partial charge on any atom is -0.462 e. The van der Waals surface area contributed by atoms with E-state index in [1.807, 2.05) is 4.98 Å². The summed E-state index contributed by atoms with van der Waals surface area (Å²) in [7, 11) is 0. The Labute approximate surface area is 73.3 Å². The number of pyridine rings is 1. The SMILES string of the molecule is CCOC(=O)c1ccc(F)[nH]c1=O. The Balaban J connectivity index is 3.02.